The van der Waals surface area contributed by atoms with Crippen molar-refractivity contribution in [1.29, 1.82) is 0 Å². The van der Waals surface area contributed by atoms with Crippen LogP contribution in [-0.4, -0.2) is 26.8 Å². The van der Waals surface area contributed by atoms with E-state index in [4.69, 9.17) is 4.74 Å². The third kappa shape index (κ3) is 5.13. The Labute approximate surface area is 60.3 Å². The van der Waals surface area contributed by atoms with E-state index in [2.05, 4.69) is 16.6 Å². The average Bonchev–Trinajstić information content (AvgIpc) is 1.98. The maximum atomic E-state index is 10.3. The fourth-order valence-corrected chi connectivity index (χ4v) is 0.339. The smallest absolute Gasteiger partial charge is 0.384 e. The predicted molar refractivity (Wildman–Crippen MR) is 36.3 cm³/mol. The van der Waals surface area contributed by atoms with Gasteiger partial charge in [-0.15, -0.1) is 0 Å². The van der Waals surface area contributed by atoms with Gasteiger partial charge < -0.3 is 9.47 Å². The lowest BCUT2D eigenvalue weighted by Crippen LogP contribution is -1.94. The van der Waals surface area contributed by atoms with Crippen LogP contribution in [0.3, 0.4) is 0 Å². The molecule has 0 aromatic carbocycles. The van der Waals surface area contributed by atoms with Gasteiger partial charge in [-0.2, -0.15) is 0 Å². The Morgan fingerprint density at radius 1 is 1.50 bits per heavy atom. The Balaban J connectivity index is 3.39. The number of esters is 1. The van der Waals surface area contributed by atoms with E-state index in [1.54, 1.807) is 7.11 Å². The molecule has 0 unspecified atom stereocenters. The van der Waals surface area contributed by atoms with E-state index in [1.165, 1.54) is 7.11 Å². The molecule has 0 rings (SSSR count). The topological polar surface area (TPSA) is 35.5 Å². The lowest BCUT2D eigenvalue weighted by atomic mass is 10.4. The zero-order valence-electron chi connectivity index (χ0n) is 6.14. The van der Waals surface area contributed by atoms with Gasteiger partial charge in [0, 0.05) is 19.5 Å². The molecule has 0 saturated carbocycles. The number of carbonyl (C=O) groups excluding carboxylic acids is 1. The van der Waals surface area contributed by atoms with Gasteiger partial charge in [-0.05, 0) is 0 Å². The summed E-state index contributed by atoms with van der Waals surface area (Å²) in [7, 11) is 2.88. The molecular weight excluding hydrogens is 132 g/mol. The fraction of sp³-hybridized carbons (Fsp3) is 0.571. The Kier molecular flexibility index (Phi) is 5.50. The second-order valence-electron chi connectivity index (χ2n) is 1.54. The summed E-state index contributed by atoms with van der Waals surface area (Å²) in [5.41, 5.74) is 0. The number of rotatable bonds is 2. The summed E-state index contributed by atoms with van der Waals surface area (Å²) in [6, 6.07) is 0. The van der Waals surface area contributed by atoms with E-state index in [0.717, 1.165) is 0 Å². The molecule has 56 valence electrons. The summed E-state index contributed by atoms with van der Waals surface area (Å²) in [6.07, 6.45) is 0.561. The highest BCUT2D eigenvalue weighted by molar-refractivity contribution is 5.88. The van der Waals surface area contributed by atoms with Crippen LogP contribution in [0.1, 0.15) is 6.42 Å². The van der Waals surface area contributed by atoms with Gasteiger partial charge in [-0.25, -0.2) is 4.79 Å². The van der Waals surface area contributed by atoms with Crippen molar-refractivity contribution >= 4 is 5.97 Å². The van der Waals surface area contributed by atoms with E-state index >= 15 is 0 Å². The molecule has 0 N–H and O–H groups in total. The fourth-order valence-electron chi connectivity index (χ4n) is 0.339. The molecule has 0 fully saturated rings. The van der Waals surface area contributed by atoms with Gasteiger partial charge in [-0.1, -0.05) is 5.92 Å². The van der Waals surface area contributed by atoms with Crippen LogP contribution in [0, 0.1) is 11.8 Å². The monoisotopic (exact) mass is 142 g/mol. The van der Waals surface area contributed by atoms with Crippen molar-refractivity contribution in [1.82, 2.24) is 0 Å². The predicted octanol–water partition coefficient (Wildman–Crippen LogP) is 0.199. The van der Waals surface area contributed by atoms with E-state index < -0.39 is 5.97 Å². The summed E-state index contributed by atoms with van der Waals surface area (Å²) in [6.45, 7) is 0.546. The number of carbonyl (C=O) groups is 1. The van der Waals surface area contributed by atoms with Crippen LogP contribution in [0.15, 0.2) is 0 Å². The van der Waals surface area contributed by atoms with Crippen LogP contribution < -0.4 is 0 Å². The molecule has 0 spiro atoms. The molecule has 0 aromatic heterocycles. The van der Waals surface area contributed by atoms with Gasteiger partial charge in [0.2, 0.25) is 0 Å². The largest absolute Gasteiger partial charge is 0.459 e. The Morgan fingerprint density at radius 2 is 2.20 bits per heavy atom. The van der Waals surface area contributed by atoms with E-state index in [1.807, 2.05) is 0 Å². The summed E-state index contributed by atoms with van der Waals surface area (Å²) in [4.78, 5) is 10.3. The first-order chi connectivity index (χ1) is 4.81. The zero-order valence-corrected chi connectivity index (χ0v) is 6.14. The molecule has 0 heterocycles. The molecule has 10 heavy (non-hydrogen) atoms. The van der Waals surface area contributed by atoms with Crippen molar-refractivity contribution in [3.63, 3.8) is 0 Å². The second-order valence-corrected chi connectivity index (χ2v) is 1.54. The lowest BCUT2D eigenvalue weighted by molar-refractivity contribution is -0.133. The Bertz CT molecular complexity index is 152. The lowest BCUT2D eigenvalue weighted by Gasteiger charge is -1.87. The second kappa shape index (κ2) is 6.12. The quantitative estimate of drug-likeness (QED) is 0.239. The maximum absolute atomic E-state index is 10.3. The Morgan fingerprint density at radius 3 is 2.70 bits per heavy atom. The van der Waals surface area contributed by atoms with Crippen molar-refractivity contribution in [2.24, 2.45) is 0 Å². The zero-order chi connectivity index (χ0) is 7.82. The van der Waals surface area contributed by atoms with E-state index in [-0.39, 0.29) is 0 Å². The van der Waals surface area contributed by atoms with Crippen molar-refractivity contribution in [3.05, 3.63) is 0 Å². The molecule has 0 atom stereocenters. The van der Waals surface area contributed by atoms with Gasteiger partial charge in [-0.3, -0.25) is 0 Å². The minimum absolute atomic E-state index is 0.504. The summed E-state index contributed by atoms with van der Waals surface area (Å²) >= 11 is 0. The standard InChI is InChI=1S/C7H10O3/c1-9-6-4-3-5-7(8)10-2/h4,6H2,1-2H3. The van der Waals surface area contributed by atoms with Crippen molar-refractivity contribution in [2.45, 2.75) is 6.42 Å². The molecule has 0 aromatic rings. The van der Waals surface area contributed by atoms with Gasteiger partial charge in [0.25, 0.3) is 0 Å². The first-order valence-electron chi connectivity index (χ1n) is 2.87. The normalized spacial score (nSPS) is 7.80. The van der Waals surface area contributed by atoms with Gasteiger partial charge in [0.15, 0.2) is 0 Å². The third-order valence-corrected chi connectivity index (χ3v) is 0.807. The van der Waals surface area contributed by atoms with Gasteiger partial charge in [0.05, 0.1) is 13.7 Å². The molecule has 0 aliphatic rings. The third-order valence-electron chi connectivity index (χ3n) is 0.807. The van der Waals surface area contributed by atoms with E-state index in [9.17, 15) is 4.79 Å². The van der Waals surface area contributed by atoms with E-state index in [0.29, 0.717) is 13.0 Å². The van der Waals surface area contributed by atoms with Crippen LogP contribution >= 0.6 is 0 Å². The molecule has 0 aliphatic heterocycles. The molecule has 0 radical (unpaired) electrons. The van der Waals surface area contributed by atoms with Crippen LogP contribution in [-0.2, 0) is 14.3 Å². The van der Waals surface area contributed by atoms with Crippen molar-refractivity contribution in [2.75, 3.05) is 20.8 Å². The molecule has 3 heteroatoms. The average molecular weight is 142 g/mol. The van der Waals surface area contributed by atoms with Crippen molar-refractivity contribution < 1.29 is 14.3 Å². The molecule has 0 bridgehead atoms. The number of hydrogen-bond acceptors (Lipinski definition) is 3. The Hall–Kier alpha value is -1.01. The minimum Gasteiger partial charge on any atom is -0.459 e. The maximum Gasteiger partial charge on any atom is 0.384 e. The van der Waals surface area contributed by atoms with Crippen LogP contribution in [0.2, 0.25) is 0 Å². The first kappa shape index (κ1) is 8.99. The number of methoxy groups -OCH3 is 2. The van der Waals surface area contributed by atoms with Gasteiger partial charge >= 0.3 is 5.97 Å². The summed E-state index contributed by atoms with van der Waals surface area (Å²) in [5.74, 6) is 4.36. The summed E-state index contributed by atoms with van der Waals surface area (Å²) in [5, 5.41) is 0. The molecule has 0 saturated heterocycles. The van der Waals surface area contributed by atoms with Crippen molar-refractivity contribution in [3.8, 4) is 11.8 Å². The van der Waals surface area contributed by atoms with Crippen LogP contribution in [0.25, 0.3) is 0 Å². The van der Waals surface area contributed by atoms with Gasteiger partial charge in [0.1, 0.15) is 0 Å². The molecule has 0 aliphatic carbocycles. The summed E-state index contributed by atoms with van der Waals surface area (Å²) < 4.78 is 8.98. The molecule has 0 amide bonds. The highest BCUT2D eigenvalue weighted by Gasteiger charge is 1.87. The van der Waals surface area contributed by atoms with Crippen LogP contribution in [0.5, 0.6) is 0 Å². The molecular formula is C7H10O3. The minimum atomic E-state index is -0.504. The highest BCUT2D eigenvalue weighted by atomic mass is 16.5. The first-order valence-corrected chi connectivity index (χ1v) is 2.87. The highest BCUT2D eigenvalue weighted by Crippen LogP contribution is 1.76. The number of ether oxygens (including phenoxy) is 2. The number of hydrogen-bond donors (Lipinski definition) is 0. The van der Waals surface area contributed by atoms with Crippen LogP contribution in [0.4, 0.5) is 0 Å². The molecule has 3 nitrogen and oxygen atoms in total. The SMILES string of the molecule is COCCC#CC(=O)OC.